The molecule has 1 aromatic rings. The number of sulfonamides is 1. The van der Waals surface area contributed by atoms with Crippen molar-refractivity contribution in [2.45, 2.75) is 49.4 Å². The van der Waals surface area contributed by atoms with Crippen molar-refractivity contribution < 1.29 is 8.42 Å². The Bertz CT molecular complexity index is 478. The van der Waals surface area contributed by atoms with Gasteiger partial charge in [0.1, 0.15) is 0 Å². The first-order valence-corrected chi connectivity index (χ1v) is 8.66. The molecule has 18 heavy (non-hydrogen) atoms. The number of rotatable bonds is 6. The van der Waals surface area contributed by atoms with Crippen molar-refractivity contribution in [1.82, 2.24) is 4.72 Å². The minimum absolute atomic E-state index is 0.320. The van der Waals surface area contributed by atoms with Gasteiger partial charge in [-0.05, 0) is 37.5 Å². The van der Waals surface area contributed by atoms with E-state index < -0.39 is 10.0 Å². The molecule has 3 nitrogen and oxygen atoms in total. The maximum Gasteiger partial charge on any atom is 0.241 e. The van der Waals surface area contributed by atoms with Crippen LogP contribution in [0.3, 0.4) is 0 Å². The number of alkyl halides is 1. The molecular weight excluding hydrogens is 314 g/mol. The van der Waals surface area contributed by atoms with E-state index in [2.05, 4.69) is 20.7 Å². The van der Waals surface area contributed by atoms with Gasteiger partial charge in [-0.3, -0.25) is 0 Å². The molecule has 0 radical (unpaired) electrons. The van der Waals surface area contributed by atoms with E-state index in [1.165, 1.54) is 0 Å². The zero-order chi connectivity index (χ0) is 13.8. The molecule has 0 saturated carbocycles. The van der Waals surface area contributed by atoms with Crippen molar-refractivity contribution in [3.8, 4) is 0 Å². The Hall–Kier alpha value is -0.390. The highest BCUT2D eigenvalue weighted by atomic mass is 79.9. The molecule has 0 spiro atoms. The van der Waals surface area contributed by atoms with E-state index in [1.54, 1.807) is 12.1 Å². The molecule has 0 atom stereocenters. The molecule has 0 aliphatic rings. The Labute approximate surface area is 118 Å². The summed E-state index contributed by atoms with van der Waals surface area (Å²) in [6.07, 6.45) is 1.53. The van der Waals surface area contributed by atoms with Crippen LogP contribution in [0.15, 0.2) is 29.2 Å². The van der Waals surface area contributed by atoms with Crippen LogP contribution in [0.25, 0.3) is 0 Å². The van der Waals surface area contributed by atoms with E-state index in [1.807, 2.05) is 32.9 Å². The summed E-state index contributed by atoms with van der Waals surface area (Å²) in [5.41, 5.74) is 0.676. The van der Waals surface area contributed by atoms with E-state index in [0.717, 1.165) is 23.7 Å². The first-order chi connectivity index (χ1) is 8.37. The summed E-state index contributed by atoms with van der Waals surface area (Å²) in [4.78, 5) is 0.320. The summed E-state index contributed by atoms with van der Waals surface area (Å²) in [7, 11) is -3.43. The minimum Gasteiger partial charge on any atom is -0.207 e. The highest BCUT2D eigenvalue weighted by molar-refractivity contribution is 9.08. The average molecular weight is 334 g/mol. The summed E-state index contributed by atoms with van der Waals surface area (Å²) in [5, 5.41) is 0.725. The molecule has 0 amide bonds. The van der Waals surface area contributed by atoms with Crippen LogP contribution in [0.5, 0.6) is 0 Å². The molecule has 0 aliphatic heterocycles. The van der Waals surface area contributed by atoms with Crippen molar-refractivity contribution in [2.75, 3.05) is 0 Å². The predicted octanol–water partition coefficient (Wildman–Crippen LogP) is 3.44. The average Bonchev–Trinajstić information content (AvgIpc) is 2.38. The van der Waals surface area contributed by atoms with Gasteiger partial charge in [0.25, 0.3) is 0 Å². The lowest BCUT2D eigenvalue weighted by atomic mass is 9.98. The number of hydrogen-bond acceptors (Lipinski definition) is 2. The summed E-state index contributed by atoms with van der Waals surface area (Å²) >= 11 is 3.34. The van der Waals surface area contributed by atoms with Gasteiger partial charge in [0.15, 0.2) is 0 Å². The quantitative estimate of drug-likeness (QED) is 0.810. The molecule has 0 aliphatic carbocycles. The molecule has 0 aromatic heterocycles. The molecule has 0 unspecified atom stereocenters. The predicted molar refractivity (Wildman–Crippen MR) is 78.4 cm³/mol. The molecule has 1 rings (SSSR count). The van der Waals surface area contributed by atoms with Gasteiger partial charge < -0.3 is 0 Å². The van der Waals surface area contributed by atoms with E-state index in [0.29, 0.717) is 4.90 Å². The van der Waals surface area contributed by atoms with Crippen molar-refractivity contribution in [1.29, 1.82) is 0 Å². The Morgan fingerprint density at radius 3 is 2.06 bits per heavy atom. The highest BCUT2D eigenvalue weighted by Gasteiger charge is 2.27. The Morgan fingerprint density at radius 1 is 1.17 bits per heavy atom. The van der Waals surface area contributed by atoms with Crippen molar-refractivity contribution in [2.24, 2.45) is 0 Å². The zero-order valence-corrected chi connectivity index (χ0v) is 13.4. The zero-order valence-electron chi connectivity index (χ0n) is 11.0. The Kier molecular flexibility index (Phi) is 5.37. The molecule has 1 aromatic carbocycles. The lowest BCUT2D eigenvalue weighted by molar-refractivity contribution is 0.388. The molecule has 0 heterocycles. The third kappa shape index (κ3) is 3.80. The summed E-state index contributed by atoms with van der Waals surface area (Å²) in [6.45, 7) is 5.90. The second-order valence-electron chi connectivity index (χ2n) is 4.65. The van der Waals surface area contributed by atoms with Crippen LogP contribution < -0.4 is 4.72 Å². The number of hydrogen-bond donors (Lipinski definition) is 1. The van der Waals surface area contributed by atoms with Gasteiger partial charge in [0.2, 0.25) is 10.0 Å². The van der Waals surface area contributed by atoms with E-state index in [9.17, 15) is 8.42 Å². The number of halogens is 1. The fourth-order valence-electron chi connectivity index (χ4n) is 1.54. The van der Waals surface area contributed by atoms with Crippen LogP contribution in [0.1, 0.15) is 39.2 Å². The molecule has 0 fully saturated rings. The van der Waals surface area contributed by atoms with Gasteiger partial charge in [-0.1, -0.05) is 41.9 Å². The van der Waals surface area contributed by atoms with Crippen LogP contribution in [0.4, 0.5) is 0 Å². The van der Waals surface area contributed by atoms with Crippen molar-refractivity contribution in [3.63, 3.8) is 0 Å². The minimum atomic E-state index is -3.43. The molecule has 0 bridgehead atoms. The Balaban J connectivity index is 2.99. The number of benzene rings is 1. The van der Waals surface area contributed by atoms with Crippen molar-refractivity contribution in [3.05, 3.63) is 29.8 Å². The molecule has 1 N–H and O–H groups in total. The molecular formula is C13H20BrNO2S. The van der Waals surface area contributed by atoms with Gasteiger partial charge in [-0.15, -0.1) is 0 Å². The van der Waals surface area contributed by atoms with E-state index in [-0.39, 0.29) is 5.54 Å². The Morgan fingerprint density at radius 2 is 1.67 bits per heavy atom. The van der Waals surface area contributed by atoms with Gasteiger partial charge in [0.05, 0.1) is 4.90 Å². The van der Waals surface area contributed by atoms with E-state index in [4.69, 9.17) is 0 Å². The third-order valence-corrected chi connectivity index (χ3v) is 5.63. The van der Waals surface area contributed by atoms with Gasteiger partial charge in [-0.25, -0.2) is 13.1 Å². The fraction of sp³-hybridized carbons (Fsp3) is 0.538. The number of nitrogens with one attached hydrogen (secondary N) is 1. The maximum atomic E-state index is 12.2. The highest BCUT2D eigenvalue weighted by Crippen LogP contribution is 2.19. The van der Waals surface area contributed by atoms with Crippen LogP contribution >= 0.6 is 15.9 Å². The topological polar surface area (TPSA) is 46.2 Å². The molecule has 0 saturated heterocycles. The van der Waals surface area contributed by atoms with Crippen LogP contribution in [-0.4, -0.2) is 14.0 Å². The smallest absolute Gasteiger partial charge is 0.207 e. The van der Waals surface area contributed by atoms with Crippen LogP contribution in [0, 0.1) is 0 Å². The standard InChI is InChI=1S/C13H20BrNO2S/c1-4-13(3,5-2)15-18(16,17)12-8-6-11(10-14)7-9-12/h6-9,15H,4-5,10H2,1-3H3. The SMILES string of the molecule is CCC(C)(CC)NS(=O)(=O)c1ccc(CBr)cc1. The third-order valence-electron chi connectivity index (χ3n) is 3.33. The second-order valence-corrected chi connectivity index (χ2v) is 6.89. The summed E-state index contributed by atoms with van der Waals surface area (Å²) < 4.78 is 27.3. The lowest BCUT2D eigenvalue weighted by Crippen LogP contribution is -2.44. The second kappa shape index (κ2) is 6.17. The monoisotopic (exact) mass is 333 g/mol. The van der Waals surface area contributed by atoms with Gasteiger partial charge in [-0.2, -0.15) is 0 Å². The fourth-order valence-corrected chi connectivity index (χ4v) is 3.46. The van der Waals surface area contributed by atoms with Crippen molar-refractivity contribution >= 4 is 26.0 Å². The largest absolute Gasteiger partial charge is 0.241 e. The van der Waals surface area contributed by atoms with Gasteiger partial charge >= 0.3 is 0 Å². The molecule has 5 heteroatoms. The van der Waals surface area contributed by atoms with Crippen LogP contribution in [-0.2, 0) is 15.4 Å². The first kappa shape index (κ1) is 15.7. The van der Waals surface area contributed by atoms with E-state index >= 15 is 0 Å². The van der Waals surface area contributed by atoms with Crippen LogP contribution in [0.2, 0.25) is 0 Å². The molecule has 102 valence electrons. The summed E-state index contributed by atoms with van der Waals surface area (Å²) in [5.74, 6) is 0. The first-order valence-electron chi connectivity index (χ1n) is 6.06. The normalized spacial score (nSPS) is 12.7. The van der Waals surface area contributed by atoms with Gasteiger partial charge in [0, 0.05) is 10.9 Å². The summed E-state index contributed by atoms with van der Waals surface area (Å²) in [6, 6.07) is 6.92. The maximum absolute atomic E-state index is 12.2. The lowest BCUT2D eigenvalue weighted by Gasteiger charge is -2.27.